The lowest BCUT2D eigenvalue weighted by Crippen LogP contribution is -2.45. The maximum absolute atomic E-state index is 12.7. The summed E-state index contributed by atoms with van der Waals surface area (Å²) >= 11 is 0. The summed E-state index contributed by atoms with van der Waals surface area (Å²) in [5.41, 5.74) is 3.10. The molecule has 1 fully saturated rings. The first kappa shape index (κ1) is 18.5. The van der Waals surface area contributed by atoms with Gasteiger partial charge in [0.15, 0.2) is 0 Å². The molecule has 138 valence electrons. The van der Waals surface area contributed by atoms with Crippen LogP contribution in [0.25, 0.3) is 0 Å². The van der Waals surface area contributed by atoms with Crippen molar-refractivity contribution in [3.8, 4) is 0 Å². The fourth-order valence-electron chi connectivity index (χ4n) is 3.65. The maximum Gasteiger partial charge on any atom is 0.244 e. The molecule has 26 heavy (non-hydrogen) atoms. The van der Waals surface area contributed by atoms with Crippen LogP contribution in [-0.4, -0.2) is 35.0 Å². The van der Waals surface area contributed by atoms with Gasteiger partial charge in [0.1, 0.15) is 6.04 Å². The number of aliphatic hydroxyl groups excluding tert-OH is 1. The van der Waals surface area contributed by atoms with Crippen LogP contribution in [0.4, 0.5) is 5.69 Å². The van der Waals surface area contributed by atoms with Crippen molar-refractivity contribution in [1.82, 2.24) is 4.90 Å². The van der Waals surface area contributed by atoms with E-state index in [1.165, 1.54) is 5.56 Å². The molecule has 1 saturated heterocycles. The predicted molar refractivity (Wildman–Crippen MR) is 105 cm³/mol. The molecule has 1 amide bonds. The van der Waals surface area contributed by atoms with Crippen LogP contribution in [0.2, 0.25) is 0 Å². The van der Waals surface area contributed by atoms with E-state index in [-0.39, 0.29) is 18.6 Å². The van der Waals surface area contributed by atoms with E-state index in [9.17, 15) is 9.90 Å². The molecule has 2 aromatic carbocycles. The van der Waals surface area contributed by atoms with Gasteiger partial charge in [-0.25, -0.2) is 0 Å². The lowest BCUT2D eigenvalue weighted by molar-refractivity contribution is -0.133. The molecule has 1 heterocycles. The summed E-state index contributed by atoms with van der Waals surface area (Å²) in [5.74, 6) is 0.809. The van der Waals surface area contributed by atoms with Crippen LogP contribution in [0.15, 0.2) is 54.6 Å². The summed E-state index contributed by atoms with van der Waals surface area (Å²) in [6.07, 6.45) is 3.23. The van der Waals surface area contributed by atoms with Gasteiger partial charge in [-0.3, -0.25) is 4.79 Å². The van der Waals surface area contributed by atoms with Crippen molar-refractivity contribution < 1.29 is 9.90 Å². The summed E-state index contributed by atoms with van der Waals surface area (Å²) in [7, 11) is 0. The van der Waals surface area contributed by atoms with E-state index in [1.807, 2.05) is 36.1 Å². The number of nitrogens with zero attached hydrogens (tertiary/aromatic N) is 1. The van der Waals surface area contributed by atoms with Crippen molar-refractivity contribution in [2.75, 3.05) is 18.4 Å². The molecule has 0 saturated carbocycles. The van der Waals surface area contributed by atoms with E-state index < -0.39 is 0 Å². The van der Waals surface area contributed by atoms with Crippen molar-refractivity contribution >= 4 is 11.6 Å². The quantitative estimate of drug-likeness (QED) is 0.837. The number of benzene rings is 2. The van der Waals surface area contributed by atoms with E-state index in [1.54, 1.807) is 0 Å². The number of amides is 1. The standard InChI is InChI=1S/C22H28N2O2/c1-17(23-21-9-5-8-20(15-21)16-25)22(26)24-12-10-19(11-13-24)14-18-6-3-2-4-7-18/h2-9,15,17,19,23,25H,10-14,16H2,1H3. The highest BCUT2D eigenvalue weighted by Crippen LogP contribution is 2.22. The Hall–Kier alpha value is -2.33. The van der Waals surface area contributed by atoms with E-state index in [0.717, 1.165) is 43.6 Å². The van der Waals surface area contributed by atoms with Crippen LogP contribution >= 0.6 is 0 Å². The molecule has 2 N–H and O–H groups in total. The third-order valence-corrected chi connectivity index (χ3v) is 5.16. The first-order chi connectivity index (χ1) is 12.7. The minimum atomic E-state index is -0.269. The summed E-state index contributed by atoms with van der Waals surface area (Å²) in [4.78, 5) is 14.7. The fraction of sp³-hybridized carbons (Fsp3) is 0.409. The normalized spacial score (nSPS) is 16.3. The summed E-state index contributed by atoms with van der Waals surface area (Å²) in [6, 6.07) is 17.9. The largest absolute Gasteiger partial charge is 0.392 e. The maximum atomic E-state index is 12.7. The van der Waals surface area contributed by atoms with Gasteiger partial charge in [-0.2, -0.15) is 0 Å². The van der Waals surface area contributed by atoms with Crippen molar-refractivity contribution in [3.05, 3.63) is 65.7 Å². The molecule has 1 aliphatic heterocycles. The molecule has 0 aliphatic carbocycles. The van der Waals surface area contributed by atoms with Gasteiger partial charge in [0.25, 0.3) is 0 Å². The monoisotopic (exact) mass is 352 g/mol. The van der Waals surface area contributed by atoms with Gasteiger partial charge in [-0.05, 0) is 55.4 Å². The number of carbonyl (C=O) groups excluding carboxylic acids is 1. The number of aliphatic hydroxyl groups is 1. The van der Waals surface area contributed by atoms with E-state index in [2.05, 4.69) is 35.6 Å². The second-order valence-electron chi connectivity index (χ2n) is 7.18. The average molecular weight is 352 g/mol. The van der Waals surface area contributed by atoms with Crippen LogP contribution in [-0.2, 0) is 17.8 Å². The van der Waals surface area contributed by atoms with Gasteiger partial charge in [0.2, 0.25) is 5.91 Å². The zero-order valence-electron chi connectivity index (χ0n) is 15.4. The molecule has 4 heteroatoms. The van der Waals surface area contributed by atoms with Crippen molar-refractivity contribution in [2.24, 2.45) is 5.92 Å². The van der Waals surface area contributed by atoms with Crippen LogP contribution in [0, 0.1) is 5.92 Å². The Labute approximate surface area is 155 Å². The summed E-state index contributed by atoms with van der Waals surface area (Å²) < 4.78 is 0. The first-order valence-electron chi connectivity index (χ1n) is 9.45. The van der Waals surface area contributed by atoms with Gasteiger partial charge < -0.3 is 15.3 Å². The molecular formula is C22H28N2O2. The molecule has 0 aromatic heterocycles. The van der Waals surface area contributed by atoms with Crippen LogP contribution in [0.1, 0.15) is 30.9 Å². The molecule has 0 spiro atoms. The topological polar surface area (TPSA) is 52.6 Å². The van der Waals surface area contributed by atoms with Crippen molar-refractivity contribution in [2.45, 2.75) is 38.8 Å². The van der Waals surface area contributed by atoms with Gasteiger partial charge in [-0.15, -0.1) is 0 Å². The molecule has 4 nitrogen and oxygen atoms in total. The summed E-state index contributed by atoms with van der Waals surface area (Å²) in [5, 5.41) is 12.5. The number of anilines is 1. The molecule has 1 aliphatic rings. The second kappa shape index (κ2) is 8.86. The Morgan fingerprint density at radius 2 is 1.81 bits per heavy atom. The molecule has 1 atom stereocenters. The Kier molecular flexibility index (Phi) is 6.29. The summed E-state index contributed by atoms with van der Waals surface area (Å²) in [6.45, 7) is 3.58. The zero-order valence-corrected chi connectivity index (χ0v) is 15.4. The number of hydrogen-bond donors (Lipinski definition) is 2. The van der Waals surface area contributed by atoms with Crippen LogP contribution < -0.4 is 5.32 Å². The third kappa shape index (κ3) is 4.85. The number of likely N-dealkylation sites (tertiary alicyclic amines) is 1. The third-order valence-electron chi connectivity index (χ3n) is 5.16. The molecule has 0 radical (unpaired) electrons. The molecule has 1 unspecified atom stereocenters. The number of rotatable bonds is 6. The molecular weight excluding hydrogens is 324 g/mol. The highest BCUT2D eigenvalue weighted by molar-refractivity contribution is 5.84. The minimum absolute atomic E-state index is 0.00672. The molecule has 0 bridgehead atoms. The second-order valence-corrected chi connectivity index (χ2v) is 7.18. The van der Waals surface area contributed by atoms with E-state index in [4.69, 9.17) is 0 Å². The highest BCUT2D eigenvalue weighted by Gasteiger charge is 2.26. The minimum Gasteiger partial charge on any atom is -0.392 e. The van der Waals surface area contributed by atoms with Crippen molar-refractivity contribution in [3.63, 3.8) is 0 Å². The SMILES string of the molecule is CC(Nc1cccc(CO)c1)C(=O)N1CCC(Cc2ccccc2)CC1. The van der Waals surface area contributed by atoms with Gasteiger partial charge >= 0.3 is 0 Å². The van der Waals surface area contributed by atoms with Gasteiger partial charge in [0.05, 0.1) is 6.61 Å². The fourth-order valence-corrected chi connectivity index (χ4v) is 3.65. The first-order valence-corrected chi connectivity index (χ1v) is 9.45. The number of piperidine rings is 1. The van der Waals surface area contributed by atoms with E-state index >= 15 is 0 Å². The Morgan fingerprint density at radius 3 is 2.50 bits per heavy atom. The Bertz CT molecular complexity index is 709. The predicted octanol–water partition coefficient (Wildman–Crippen LogP) is 3.46. The van der Waals surface area contributed by atoms with Crippen LogP contribution in [0.5, 0.6) is 0 Å². The average Bonchev–Trinajstić information content (AvgIpc) is 2.69. The highest BCUT2D eigenvalue weighted by atomic mass is 16.3. The Balaban J connectivity index is 1.49. The lowest BCUT2D eigenvalue weighted by atomic mass is 9.90. The zero-order chi connectivity index (χ0) is 18.4. The van der Waals surface area contributed by atoms with Crippen molar-refractivity contribution in [1.29, 1.82) is 0 Å². The number of hydrogen-bond acceptors (Lipinski definition) is 3. The number of carbonyl (C=O) groups is 1. The Morgan fingerprint density at radius 1 is 1.12 bits per heavy atom. The smallest absolute Gasteiger partial charge is 0.244 e. The molecule has 2 aromatic rings. The van der Waals surface area contributed by atoms with Gasteiger partial charge in [-0.1, -0.05) is 42.5 Å². The number of nitrogens with one attached hydrogen (secondary N) is 1. The molecule has 3 rings (SSSR count). The van der Waals surface area contributed by atoms with E-state index in [0.29, 0.717) is 5.92 Å². The lowest BCUT2D eigenvalue weighted by Gasteiger charge is -2.34. The van der Waals surface area contributed by atoms with Crippen LogP contribution in [0.3, 0.4) is 0 Å². The van der Waals surface area contributed by atoms with Gasteiger partial charge in [0, 0.05) is 18.8 Å².